The van der Waals surface area contributed by atoms with Crippen molar-refractivity contribution in [3.63, 3.8) is 0 Å². The standard InChI is InChI=1S/C23H33N5O2/c1-26(23(19-24)10-6-3-7-11-23)22(30)18-28-14-12-27(13-15-28)17-21(29)25-16-20-8-4-2-5-9-20/h2,4-5,8-9H,3,6-7,10-18H2,1H3,(H,25,29). The van der Waals surface area contributed by atoms with Crippen LogP contribution in [0.1, 0.15) is 37.7 Å². The largest absolute Gasteiger partial charge is 0.351 e. The van der Waals surface area contributed by atoms with Crippen LogP contribution in [0.5, 0.6) is 0 Å². The van der Waals surface area contributed by atoms with Gasteiger partial charge in [0.25, 0.3) is 0 Å². The molecule has 0 spiro atoms. The molecule has 30 heavy (non-hydrogen) atoms. The molecule has 7 nitrogen and oxygen atoms in total. The minimum atomic E-state index is -0.631. The Bertz CT molecular complexity index is 747. The van der Waals surface area contributed by atoms with Gasteiger partial charge in [0.1, 0.15) is 5.54 Å². The molecule has 1 heterocycles. The highest BCUT2D eigenvalue weighted by Gasteiger charge is 2.39. The number of hydrogen-bond donors (Lipinski definition) is 1. The first-order valence-corrected chi connectivity index (χ1v) is 11.0. The highest BCUT2D eigenvalue weighted by molar-refractivity contribution is 5.79. The lowest BCUT2D eigenvalue weighted by Crippen LogP contribution is -2.55. The maximum atomic E-state index is 12.8. The van der Waals surface area contributed by atoms with Crippen molar-refractivity contribution in [1.29, 1.82) is 5.26 Å². The predicted octanol–water partition coefficient (Wildman–Crippen LogP) is 1.61. The van der Waals surface area contributed by atoms with E-state index in [9.17, 15) is 14.9 Å². The van der Waals surface area contributed by atoms with E-state index in [2.05, 4.69) is 21.2 Å². The van der Waals surface area contributed by atoms with Crippen LogP contribution in [0.2, 0.25) is 0 Å². The fourth-order valence-electron chi connectivity index (χ4n) is 4.36. The molecule has 0 radical (unpaired) electrons. The van der Waals surface area contributed by atoms with Crippen molar-refractivity contribution in [3.05, 3.63) is 35.9 Å². The highest BCUT2D eigenvalue weighted by Crippen LogP contribution is 2.32. The average molecular weight is 412 g/mol. The molecule has 0 bridgehead atoms. The average Bonchev–Trinajstić information content (AvgIpc) is 2.79. The molecule has 3 rings (SSSR count). The van der Waals surface area contributed by atoms with Gasteiger partial charge >= 0.3 is 0 Å². The topological polar surface area (TPSA) is 79.7 Å². The summed E-state index contributed by atoms with van der Waals surface area (Å²) in [6, 6.07) is 12.3. The van der Waals surface area contributed by atoms with E-state index in [4.69, 9.17) is 0 Å². The van der Waals surface area contributed by atoms with Crippen molar-refractivity contribution in [2.24, 2.45) is 0 Å². The Morgan fingerprint density at radius 1 is 1.03 bits per heavy atom. The van der Waals surface area contributed by atoms with E-state index in [1.54, 1.807) is 11.9 Å². The predicted molar refractivity (Wildman–Crippen MR) is 115 cm³/mol. The maximum absolute atomic E-state index is 12.8. The first-order chi connectivity index (χ1) is 14.5. The highest BCUT2D eigenvalue weighted by atomic mass is 16.2. The van der Waals surface area contributed by atoms with E-state index in [1.807, 2.05) is 30.3 Å². The minimum Gasteiger partial charge on any atom is -0.351 e. The van der Waals surface area contributed by atoms with Crippen molar-refractivity contribution in [1.82, 2.24) is 20.0 Å². The number of nitrogens with zero attached hydrogens (tertiary/aromatic N) is 4. The first kappa shape index (κ1) is 22.3. The second-order valence-corrected chi connectivity index (χ2v) is 8.47. The van der Waals surface area contributed by atoms with Gasteiger partial charge in [-0.25, -0.2) is 0 Å². The van der Waals surface area contributed by atoms with Crippen LogP contribution in [0, 0.1) is 11.3 Å². The van der Waals surface area contributed by atoms with Crippen LogP contribution in [-0.2, 0) is 16.1 Å². The Morgan fingerprint density at radius 2 is 1.63 bits per heavy atom. The van der Waals surface area contributed by atoms with Crippen LogP contribution < -0.4 is 5.32 Å². The second kappa shape index (κ2) is 10.6. The number of amides is 2. The Morgan fingerprint density at radius 3 is 2.23 bits per heavy atom. The van der Waals surface area contributed by atoms with E-state index >= 15 is 0 Å². The third-order valence-corrected chi connectivity index (χ3v) is 6.43. The summed E-state index contributed by atoms with van der Waals surface area (Å²) in [5, 5.41) is 12.7. The molecule has 1 aliphatic heterocycles. The van der Waals surface area contributed by atoms with Crippen LogP contribution in [-0.4, -0.2) is 78.4 Å². The molecule has 1 aromatic carbocycles. The number of hydrogen-bond acceptors (Lipinski definition) is 5. The molecule has 0 unspecified atom stereocenters. The zero-order valence-electron chi connectivity index (χ0n) is 18.0. The fraction of sp³-hybridized carbons (Fsp3) is 0.609. The van der Waals surface area contributed by atoms with Crippen LogP contribution in [0.25, 0.3) is 0 Å². The van der Waals surface area contributed by atoms with E-state index in [-0.39, 0.29) is 11.8 Å². The molecule has 2 fully saturated rings. The van der Waals surface area contributed by atoms with Gasteiger partial charge in [0.15, 0.2) is 0 Å². The summed E-state index contributed by atoms with van der Waals surface area (Å²) in [6.45, 7) is 4.30. The van der Waals surface area contributed by atoms with Crippen molar-refractivity contribution in [2.75, 3.05) is 46.3 Å². The van der Waals surface area contributed by atoms with Gasteiger partial charge in [0, 0.05) is 39.8 Å². The van der Waals surface area contributed by atoms with Gasteiger partial charge in [0.2, 0.25) is 11.8 Å². The number of nitrogens with one attached hydrogen (secondary N) is 1. The Hall–Kier alpha value is -2.43. The summed E-state index contributed by atoms with van der Waals surface area (Å²) in [4.78, 5) is 31.0. The van der Waals surface area contributed by atoms with E-state index < -0.39 is 5.54 Å². The summed E-state index contributed by atoms with van der Waals surface area (Å²) >= 11 is 0. The molecule has 7 heteroatoms. The zero-order valence-corrected chi connectivity index (χ0v) is 18.0. The normalized spacial score (nSPS) is 19.6. The molecule has 1 saturated heterocycles. The summed E-state index contributed by atoms with van der Waals surface area (Å²) in [5.74, 6) is 0.0453. The van der Waals surface area contributed by atoms with Gasteiger partial charge in [0.05, 0.1) is 19.2 Å². The van der Waals surface area contributed by atoms with Gasteiger partial charge in [-0.2, -0.15) is 5.26 Å². The molecule has 1 saturated carbocycles. The lowest BCUT2D eigenvalue weighted by atomic mass is 9.81. The molecule has 1 N–H and O–H groups in total. The van der Waals surface area contributed by atoms with Crippen molar-refractivity contribution in [2.45, 2.75) is 44.2 Å². The third-order valence-electron chi connectivity index (χ3n) is 6.43. The van der Waals surface area contributed by atoms with Crippen LogP contribution >= 0.6 is 0 Å². The Labute approximate surface area is 179 Å². The number of carbonyl (C=O) groups excluding carboxylic acids is 2. The molecular formula is C23H33N5O2. The lowest BCUT2D eigenvalue weighted by molar-refractivity contribution is -0.136. The smallest absolute Gasteiger partial charge is 0.237 e. The number of benzene rings is 1. The third kappa shape index (κ3) is 5.80. The quantitative estimate of drug-likeness (QED) is 0.737. The Balaban J connectivity index is 1.39. The molecule has 2 amide bonds. The molecule has 0 aromatic heterocycles. The van der Waals surface area contributed by atoms with Gasteiger partial charge < -0.3 is 10.2 Å². The SMILES string of the molecule is CN(C(=O)CN1CCN(CC(=O)NCc2ccccc2)CC1)C1(C#N)CCCCC1. The summed E-state index contributed by atoms with van der Waals surface area (Å²) in [7, 11) is 1.78. The van der Waals surface area contributed by atoms with Gasteiger partial charge in [-0.3, -0.25) is 19.4 Å². The summed E-state index contributed by atoms with van der Waals surface area (Å²) in [5.41, 5.74) is 0.458. The monoisotopic (exact) mass is 411 g/mol. The van der Waals surface area contributed by atoms with E-state index in [1.165, 1.54) is 0 Å². The fourth-order valence-corrected chi connectivity index (χ4v) is 4.36. The van der Waals surface area contributed by atoms with Crippen LogP contribution in [0.15, 0.2) is 30.3 Å². The number of carbonyl (C=O) groups is 2. The zero-order chi connectivity index (χ0) is 21.4. The van der Waals surface area contributed by atoms with Crippen LogP contribution in [0.4, 0.5) is 0 Å². The molecule has 1 aromatic rings. The van der Waals surface area contributed by atoms with Gasteiger partial charge in [-0.15, -0.1) is 0 Å². The number of piperazine rings is 1. The van der Waals surface area contributed by atoms with E-state index in [0.717, 1.165) is 63.8 Å². The molecule has 1 aliphatic carbocycles. The summed E-state index contributed by atoms with van der Waals surface area (Å²) in [6.07, 6.45) is 4.72. The first-order valence-electron chi connectivity index (χ1n) is 11.0. The summed E-state index contributed by atoms with van der Waals surface area (Å²) < 4.78 is 0. The molecule has 0 atom stereocenters. The van der Waals surface area contributed by atoms with Crippen molar-refractivity contribution in [3.8, 4) is 6.07 Å². The molecule has 162 valence electrons. The number of rotatable bonds is 7. The minimum absolute atomic E-state index is 0.0208. The van der Waals surface area contributed by atoms with Crippen molar-refractivity contribution >= 4 is 11.8 Å². The lowest BCUT2D eigenvalue weighted by Gasteiger charge is -2.40. The van der Waals surface area contributed by atoms with Crippen molar-refractivity contribution < 1.29 is 9.59 Å². The van der Waals surface area contributed by atoms with E-state index in [0.29, 0.717) is 19.6 Å². The maximum Gasteiger partial charge on any atom is 0.237 e. The second-order valence-electron chi connectivity index (χ2n) is 8.47. The van der Waals surface area contributed by atoms with Gasteiger partial charge in [-0.05, 0) is 18.4 Å². The number of likely N-dealkylation sites (N-methyl/N-ethyl adjacent to an activating group) is 1. The van der Waals surface area contributed by atoms with Crippen LogP contribution in [0.3, 0.4) is 0 Å². The van der Waals surface area contributed by atoms with Gasteiger partial charge in [-0.1, -0.05) is 49.6 Å². The molecular weight excluding hydrogens is 378 g/mol. The number of nitriles is 1. The molecule has 2 aliphatic rings. The Kier molecular flexibility index (Phi) is 7.83.